The molecule has 1 fully saturated rings. The Morgan fingerprint density at radius 1 is 1.00 bits per heavy atom. The molecule has 0 bridgehead atoms. The van der Waals surface area contributed by atoms with Gasteiger partial charge in [0.1, 0.15) is 5.75 Å². The summed E-state index contributed by atoms with van der Waals surface area (Å²) in [4.78, 5) is 1.22. The minimum Gasteiger partial charge on any atom is -0.497 e. The lowest BCUT2D eigenvalue weighted by molar-refractivity contribution is -0.139. The lowest BCUT2D eigenvalue weighted by Crippen LogP contribution is -2.48. The molecule has 0 amide bonds. The normalized spacial score (nSPS) is 16.1. The lowest BCUT2D eigenvalue weighted by Gasteiger charge is -2.34. The number of nitrogens with zero attached hydrogens (tertiary/aromatic N) is 6. The van der Waals surface area contributed by atoms with Crippen LogP contribution in [0, 0.1) is 0 Å². The zero-order chi connectivity index (χ0) is 23.6. The van der Waals surface area contributed by atoms with Crippen molar-refractivity contribution in [3.63, 3.8) is 0 Å². The molecule has 1 saturated heterocycles. The zero-order valence-corrected chi connectivity index (χ0v) is 18.4. The second-order valence-electron chi connectivity index (χ2n) is 7.38. The van der Waals surface area contributed by atoms with Crippen molar-refractivity contribution >= 4 is 10.0 Å². The summed E-state index contributed by atoms with van der Waals surface area (Å²) < 4.78 is 73.6. The molecule has 0 spiro atoms. The molecule has 0 aliphatic carbocycles. The third-order valence-corrected chi connectivity index (χ3v) is 7.31. The molecule has 3 aromatic rings. The lowest BCUT2D eigenvalue weighted by atomic mass is 10.2. The summed E-state index contributed by atoms with van der Waals surface area (Å²) >= 11 is 0. The summed E-state index contributed by atoms with van der Waals surface area (Å²) in [6.07, 6.45) is -4.76. The van der Waals surface area contributed by atoms with Crippen molar-refractivity contribution in [1.29, 1.82) is 0 Å². The molecule has 1 aliphatic heterocycles. The third kappa shape index (κ3) is 4.84. The van der Waals surface area contributed by atoms with Crippen LogP contribution < -0.4 is 4.74 Å². The van der Waals surface area contributed by atoms with Crippen molar-refractivity contribution in [2.24, 2.45) is 0 Å². The molecule has 0 unspecified atom stereocenters. The van der Waals surface area contributed by atoms with E-state index >= 15 is 0 Å². The van der Waals surface area contributed by atoms with E-state index in [0.717, 1.165) is 22.1 Å². The first-order chi connectivity index (χ1) is 15.7. The molecule has 33 heavy (non-hydrogen) atoms. The number of aromatic nitrogens is 4. The molecule has 0 saturated carbocycles. The number of sulfonamides is 1. The van der Waals surface area contributed by atoms with E-state index in [1.54, 1.807) is 36.1 Å². The van der Waals surface area contributed by atoms with Crippen molar-refractivity contribution in [2.45, 2.75) is 17.6 Å². The van der Waals surface area contributed by atoms with E-state index in [2.05, 4.69) is 15.5 Å². The first-order valence-electron chi connectivity index (χ1n) is 10.0. The van der Waals surface area contributed by atoms with E-state index in [0.29, 0.717) is 31.2 Å². The van der Waals surface area contributed by atoms with Crippen LogP contribution >= 0.6 is 0 Å². The number of methoxy groups -OCH3 is 1. The van der Waals surface area contributed by atoms with Crippen molar-refractivity contribution in [2.75, 3.05) is 33.3 Å². The van der Waals surface area contributed by atoms with Crippen molar-refractivity contribution in [3.05, 3.63) is 59.9 Å². The van der Waals surface area contributed by atoms with Crippen LogP contribution in [0.2, 0.25) is 0 Å². The maximum atomic E-state index is 13.3. The minimum absolute atomic E-state index is 0.0542. The van der Waals surface area contributed by atoms with Crippen LogP contribution in [-0.4, -0.2) is 71.1 Å². The molecule has 13 heteroatoms. The Hall–Kier alpha value is -3.03. The van der Waals surface area contributed by atoms with Gasteiger partial charge in [-0.3, -0.25) is 4.90 Å². The monoisotopic (exact) mass is 482 g/mol. The van der Waals surface area contributed by atoms with Gasteiger partial charge in [-0.05, 0) is 46.8 Å². The smallest absolute Gasteiger partial charge is 0.417 e. The van der Waals surface area contributed by atoms with Crippen LogP contribution in [0.1, 0.15) is 11.4 Å². The largest absolute Gasteiger partial charge is 0.497 e. The van der Waals surface area contributed by atoms with Crippen LogP contribution in [0.5, 0.6) is 5.75 Å². The Kier molecular flexibility index (Phi) is 6.36. The minimum atomic E-state index is -4.76. The average molecular weight is 482 g/mol. The predicted octanol–water partition coefficient (Wildman–Crippen LogP) is 2.20. The van der Waals surface area contributed by atoms with Crippen LogP contribution in [0.25, 0.3) is 5.69 Å². The highest BCUT2D eigenvalue weighted by atomic mass is 32.2. The number of hydrogen-bond donors (Lipinski definition) is 0. The van der Waals surface area contributed by atoms with Crippen LogP contribution in [0.15, 0.2) is 53.4 Å². The maximum Gasteiger partial charge on any atom is 0.417 e. The Bertz CT molecular complexity index is 1210. The van der Waals surface area contributed by atoms with Gasteiger partial charge in [-0.1, -0.05) is 12.1 Å². The first-order valence-corrected chi connectivity index (χ1v) is 11.4. The topological polar surface area (TPSA) is 93.4 Å². The van der Waals surface area contributed by atoms with Crippen molar-refractivity contribution in [3.8, 4) is 11.4 Å². The molecule has 9 nitrogen and oxygen atoms in total. The van der Waals surface area contributed by atoms with E-state index < -0.39 is 26.7 Å². The second kappa shape index (κ2) is 9.08. The molecule has 2 aromatic carbocycles. The fourth-order valence-electron chi connectivity index (χ4n) is 3.62. The van der Waals surface area contributed by atoms with E-state index in [-0.39, 0.29) is 13.1 Å². The second-order valence-corrected chi connectivity index (χ2v) is 9.29. The SMILES string of the molecule is COc1ccc(-n2nnnc2CN2CCN(S(=O)(=O)c3ccccc3C(F)(F)F)CC2)cc1. The zero-order valence-electron chi connectivity index (χ0n) is 17.6. The molecular formula is C20H21F3N6O3S. The van der Waals surface area contributed by atoms with Crippen LogP contribution in [0.3, 0.4) is 0 Å². The fraction of sp³-hybridized carbons (Fsp3) is 0.350. The molecule has 4 rings (SSSR count). The molecule has 2 heterocycles. The van der Waals surface area contributed by atoms with Gasteiger partial charge in [0.15, 0.2) is 5.82 Å². The third-order valence-electron chi connectivity index (χ3n) is 5.36. The van der Waals surface area contributed by atoms with Gasteiger partial charge in [-0.25, -0.2) is 8.42 Å². The summed E-state index contributed by atoms with van der Waals surface area (Å²) in [5.74, 6) is 1.25. The maximum absolute atomic E-state index is 13.3. The van der Waals surface area contributed by atoms with Gasteiger partial charge < -0.3 is 4.74 Å². The number of benzene rings is 2. The highest BCUT2D eigenvalue weighted by molar-refractivity contribution is 7.89. The quantitative estimate of drug-likeness (QED) is 0.532. The summed E-state index contributed by atoms with van der Waals surface area (Å²) in [7, 11) is -2.72. The number of ether oxygens (including phenoxy) is 1. The summed E-state index contributed by atoms with van der Waals surface area (Å²) in [6, 6.07) is 11.4. The van der Waals surface area contributed by atoms with Crippen LogP contribution in [-0.2, 0) is 22.7 Å². The number of hydrogen-bond acceptors (Lipinski definition) is 7. The summed E-state index contributed by atoms with van der Waals surface area (Å²) in [5.41, 5.74) is -0.424. The molecule has 0 N–H and O–H groups in total. The van der Waals surface area contributed by atoms with Gasteiger partial charge in [-0.2, -0.15) is 22.2 Å². The molecule has 0 atom stereocenters. The van der Waals surface area contributed by atoms with Gasteiger partial charge in [0, 0.05) is 26.2 Å². The number of rotatable bonds is 6. The molecule has 1 aliphatic rings. The molecule has 0 radical (unpaired) electrons. The van der Waals surface area contributed by atoms with Gasteiger partial charge in [0.05, 0.1) is 29.8 Å². The van der Waals surface area contributed by atoms with E-state index in [1.165, 1.54) is 12.1 Å². The summed E-state index contributed by atoms with van der Waals surface area (Å²) in [6.45, 7) is 1.11. The van der Waals surface area contributed by atoms with E-state index in [1.807, 2.05) is 4.90 Å². The number of alkyl halides is 3. The fourth-order valence-corrected chi connectivity index (χ4v) is 5.26. The highest BCUT2D eigenvalue weighted by Crippen LogP contribution is 2.35. The molecular weight excluding hydrogens is 461 g/mol. The van der Waals surface area contributed by atoms with Crippen LogP contribution in [0.4, 0.5) is 13.2 Å². The molecule has 1 aromatic heterocycles. The summed E-state index contributed by atoms with van der Waals surface area (Å²) in [5, 5.41) is 11.8. The predicted molar refractivity (Wildman–Crippen MR) is 111 cm³/mol. The highest BCUT2D eigenvalue weighted by Gasteiger charge is 2.39. The van der Waals surface area contributed by atoms with Gasteiger partial charge >= 0.3 is 6.18 Å². The van der Waals surface area contributed by atoms with Crippen molar-refractivity contribution < 1.29 is 26.3 Å². The Morgan fingerprint density at radius 3 is 2.30 bits per heavy atom. The van der Waals surface area contributed by atoms with Gasteiger partial charge in [0.25, 0.3) is 0 Å². The average Bonchev–Trinajstić information content (AvgIpc) is 3.27. The number of halogens is 3. The Balaban J connectivity index is 1.45. The standard InChI is InChI=1S/C20H21F3N6O3S/c1-32-16-8-6-15(7-9-16)29-19(24-25-26-29)14-27-10-12-28(13-11-27)33(30,31)18-5-3-2-4-17(18)20(21,22)23/h2-9H,10-14H2,1H3. The van der Waals surface area contributed by atoms with E-state index in [9.17, 15) is 21.6 Å². The van der Waals surface area contributed by atoms with Gasteiger partial charge in [-0.15, -0.1) is 5.10 Å². The molecule has 176 valence electrons. The Labute approximate surface area is 188 Å². The first kappa shape index (κ1) is 23.1. The Morgan fingerprint density at radius 2 is 1.67 bits per heavy atom. The number of tetrazole rings is 1. The van der Waals surface area contributed by atoms with E-state index in [4.69, 9.17) is 4.74 Å². The van der Waals surface area contributed by atoms with Gasteiger partial charge in [0.2, 0.25) is 10.0 Å². The van der Waals surface area contributed by atoms with Crippen molar-refractivity contribution in [1.82, 2.24) is 29.4 Å². The number of piperazine rings is 1.